The van der Waals surface area contributed by atoms with Crippen molar-refractivity contribution in [1.82, 2.24) is 4.57 Å². The van der Waals surface area contributed by atoms with Crippen LogP contribution >= 0.6 is 0 Å². The molecule has 1 aromatic rings. The quantitative estimate of drug-likeness (QED) is 0.697. The minimum atomic E-state index is 0.507. The molecule has 1 aliphatic rings. The summed E-state index contributed by atoms with van der Waals surface area (Å²) in [5.74, 6) is 0. The van der Waals surface area contributed by atoms with Crippen molar-refractivity contribution in [3.63, 3.8) is 0 Å². The number of hydrogen-bond acceptors (Lipinski definition) is 2. The largest absolute Gasteiger partial charge is 0.381 e. The van der Waals surface area contributed by atoms with Crippen LogP contribution in [0.2, 0.25) is 0 Å². The Labute approximate surface area is 90.0 Å². The van der Waals surface area contributed by atoms with Crippen LogP contribution in [0.25, 0.3) is 0 Å². The third kappa shape index (κ3) is 1.84. The molecule has 0 N–H and O–H groups in total. The van der Waals surface area contributed by atoms with E-state index < -0.39 is 0 Å². The molecular formula is C12H17NO2. The first-order valence-electron chi connectivity index (χ1n) is 5.45. The molecule has 2 heterocycles. The van der Waals surface area contributed by atoms with Gasteiger partial charge in [0.15, 0.2) is 6.29 Å². The summed E-state index contributed by atoms with van der Waals surface area (Å²) < 4.78 is 7.64. The molecule has 0 bridgehead atoms. The van der Waals surface area contributed by atoms with Crippen molar-refractivity contribution in [2.45, 2.75) is 32.7 Å². The van der Waals surface area contributed by atoms with E-state index in [2.05, 4.69) is 11.5 Å². The first kappa shape index (κ1) is 10.4. The van der Waals surface area contributed by atoms with Gasteiger partial charge in [0.25, 0.3) is 0 Å². The second kappa shape index (κ2) is 4.19. The van der Waals surface area contributed by atoms with Crippen LogP contribution in [0.4, 0.5) is 0 Å². The molecule has 3 nitrogen and oxygen atoms in total. The Bertz CT molecular complexity index is 362. The second-order valence-corrected chi connectivity index (χ2v) is 4.16. The summed E-state index contributed by atoms with van der Waals surface area (Å²) in [5.41, 5.74) is 3.09. The molecule has 0 atom stereocenters. The highest BCUT2D eigenvalue weighted by atomic mass is 16.5. The predicted molar refractivity (Wildman–Crippen MR) is 58.4 cm³/mol. The van der Waals surface area contributed by atoms with Crippen LogP contribution in [0.1, 0.15) is 40.6 Å². The summed E-state index contributed by atoms with van der Waals surface area (Å²) in [6.45, 7) is 5.75. The standard InChI is InChI=1S/C12H17NO2/c1-9-7-11(8-14)10(2)13(9)12-3-5-15-6-4-12/h7-8,12H,3-6H2,1-2H3. The van der Waals surface area contributed by atoms with Gasteiger partial charge in [-0.15, -0.1) is 0 Å². The molecule has 0 amide bonds. The smallest absolute Gasteiger partial charge is 0.151 e. The van der Waals surface area contributed by atoms with E-state index in [-0.39, 0.29) is 0 Å². The van der Waals surface area contributed by atoms with Gasteiger partial charge < -0.3 is 9.30 Å². The number of hydrogen-bond donors (Lipinski definition) is 0. The molecule has 1 fully saturated rings. The summed E-state index contributed by atoms with van der Waals surface area (Å²) in [4.78, 5) is 10.8. The van der Waals surface area contributed by atoms with Gasteiger partial charge in [-0.2, -0.15) is 0 Å². The van der Waals surface area contributed by atoms with Crippen LogP contribution in [0.5, 0.6) is 0 Å². The van der Waals surface area contributed by atoms with Crippen molar-refractivity contribution in [1.29, 1.82) is 0 Å². The van der Waals surface area contributed by atoms with Crippen LogP contribution in [0.3, 0.4) is 0 Å². The Morgan fingerprint density at radius 3 is 2.60 bits per heavy atom. The maximum Gasteiger partial charge on any atom is 0.151 e. The summed E-state index contributed by atoms with van der Waals surface area (Å²) in [6.07, 6.45) is 3.04. The molecule has 3 heteroatoms. The zero-order valence-corrected chi connectivity index (χ0v) is 9.32. The molecule has 82 valence electrons. The lowest BCUT2D eigenvalue weighted by molar-refractivity contribution is 0.0687. The molecule has 0 aliphatic carbocycles. The zero-order chi connectivity index (χ0) is 10.8. The van der Waals surface area contributed by atoms with E-state index in [0.717, 1.165) is 43.6 Å². The van der Waals surface area contributed by atoms with Crippen molar-refractivity contribution in [3.8, 4) is 0 Å². The average molecular weight is 207 g/mol. The third-order valence-corrected chi connectivity index (χ3v) is 3.21. The maximum absolute atomic E-state index is 10.8. The normalized spacial score (nSPS) is 18.0. The molecule has 2 rings (SSSR count). The van der Waals surface area contributed by atoms with Crippen LogP contribution in [-0.4, -0.2) is 24.1 Å². The minimum Gasteiger partial charge on any atom is -0.381 e. The topological polar surface area (TPSA) is 31.2 Å². The van der Waals surface area contributed by atoms with Crippen LogP contribution in [0.15, 0.2) is 6.07 Å². The molecule has 1 saturated heterocycles. The number of aryl methyl sites for hydroxylation is 1. The van der Waals surface area contributed by atoms with E-state index >= 15 is 0 Å². The molecule has 0 spiro atoms. The van der Waals surface area contributed by atoms with Gasteiger partial charge >= 0.3 is 0 Å². The van der Waals surface area contributed by atoms with E-state index in [1.165, 1.54) is 5.69 Å². The Morgan fingerprint density at radius 1 is 1.40 bits per heavy atom. The number of rotatable bonds is 2. The highest BCUT2D eigenvalue weighted by molar-refractivity contribution is 5.77. The van der Waals surface area contributed by atoms with Crippen LogP contribution < -0.4 is 0 Å². The fourth-order valence-corrected chi connectivity index (χ4v) is 2.43. The van der Waals surface area contributed by atoms with Gasteiger partial charge in [0, 0.05) is 36.2 Å². The predicted octanol–water partition coefficient (Wildman–Crippen LogP) is 2.27. The molecule has 0 radical (unpaired) electrons. The summed E-state index contributed by atoms with van der Waals surface area (Å²) in [7, 11) is 0. The highest BCUT2D eigenvalue weighted by Gasteiger charge is 2.19. The molecule has 0 aromatic carbocycles. The zero-order valence-electron chi connectivity index (χ0n) is 9.32. The molecule has 15 heavy (non-hydrogen) atoms. The lowest BCUT2D eigenvalue weighted by Crippen LogP contribution is -2.21. The van der Waals surface area contributed by atoms with E-state index in [9.17, 15) is 4.79 Å². The average Bonchev–Trinajstić information content (AvgIpc) is 2.55. The van der Waals surface area contributed by atoms with E-state index in [0.29, 0.717) is 6.04 Å². The van der Waals surface area contributed by atoms with Gasteiger partial charge in [-0.25, -0.2) is 0 Å². The number of carbonyl (C=O) groups is 1. The number of nitrogens with zero attached hydrogens (tertiary/aromatic N) is 1. The first-order valence-corrected chi connectivity index (χ1v) is 5.45. The van der Waals surface area contributed by atoms with Gasteiger partial charge in [0.2, 0.25) is 0 Å². The van der Waals surface area contributed by atoms with Crippen LogP contribution in [0, 0.1) is 13.8 Å². The lowest BCUT2D eigenvalue weighted by atomic mass is 10.1. The Balaban J connectivity index is 2.33. The number of ether oxygens (including phenoxy) is 1. The third-order valence-electron chi connectivity index (χ3n) is 3.21. The molecular weight excluding hydrogens is 190 g/mol. The summed E-state index contributed by atoms with van der Waals surface area (Å²) in [6, 6.07) is 2.48. The van der Waals surface area contributed by atoms with Crippen molar-refractivity contribution in [2.75, 3.05) is 13.2 Å². The number of carbonyl (C=O) groups excluding carboxylic acids is 1. The van der Waals surface area contributed by atoms with Gasteiger partial charge in [0.1, 0.15) is 0 Å². The highest BCUT2D eigenvalue weighted by Crippen LogP contribution is 2.26. The molecule has 1 aromatic heterocycles. The summed E-state index contributed by atoms with van der Waals surface area (Å²) in [5, 5.41) is 0. The fraction of sp³-hybridized carbons (Fsp3) is 0.583. The number of aromatic nitrogens is 1. The van der Waals surface area contributed by atoms with Crippen molar-refractivity contribution in [3.05, 3.63) is 23.0 Å². The van der Waals surface area contributed by atoms with Gasteiger partial charge in [-0.3, -0.25) is 4.79 Å². The Kier molecular flexibility index (Phi) is 2.91. The summed E-state index contributed by atoms with van der Waals surface area (Å²) >= 11 is 0. The molecule has 0 saturated carbocycles. The monoisotopic (exact) mass is 207 g/mol. The SMILES string of the molecule is Cc1cc(C=O)c(C)n1C1CCOCC1. The van der Waals surface area contributed by atoms with E-state index in [4.69, 9.17) is 4.74 Å². The Hall–Kier alpha value is -1.09. The van der Waals surface area contributed by atoms with Crippen LogP contribution in [-0.2, 0) is 4.74 Å². The van der Waals surface area contributed by atoms with Crippen molar-refractivity contribution in [2.24, 2.45) is 0 Å². The fourth-order valence-electron chi connectivity index (χ4n) is 2.43. The van der Waals surface area contributed by atoms with E-state index in [1.54, 1.807) is 0 Å². The second-order valence-electron chi connectivity index (χ2n) is 4.16. The van der Waals surface area contributed by atoms with Crippen molar-refractivity contribution < 1.29 is 9.53 Å². The first-order chi connectivity index (χ1) is 7.24. The maximum atomic E-state index is 10.8. The van der Waals surface area contributed by atoms with E-state index in [1.807, 2.05) is 13.0 Å². The number of aldehydes is 1. The van der Waals surface area contributed by atoms with Gasteiger partial charge in [-0.05, 0) is 32.8 Å². The van der Waals surface area contributed by atoms with Gasteiger partial charge in [-0.1, -0.05) is 0 Å². The van der Waals surface area contributed by atoms with Crippen molar-refractivity contribution >= 4 is 6.29 Å². The molecule has 1 aliphatic heterocycles. The Morgan fingerprint density at radius 2 is 2.07 bits per heavy atom. The molecule has 0 unspecified atom stereocenters. The minimum absolute atomic E-state index is 0.507. The lowest BCUT2D eigenvalue weighted by Gasteiger charge is -2.26. The van der Waals surface area contributed by atoms with Gasteiger partial charge in [0.05, 0.1) is 0 Å².